The highest BCUT2D eigenvalue weighted by molar-refractivity contribution is 7.87. The summed E-state index contributed by atoms with van der Waals surface area (Å²) in [5.74, 6) is 0. The maximum atomic E-state index is 10.6. The molecule has 0 radical (unpaired) electrons. The molecule has 0 aliphatic heterocycles. The van der Waals surface area contributed by atoms with Crippen molar-refractivity contribution in [1.82, 2.24) is 0 Å². The quantitative estimate of drug-likeness (QED) is 0.611. The number of carbonyl (C=O) groups is 1. The zero-order chi connectivity index (χ0) is 10.8. The van der Waals surface area contributed by atoms with Crippen LogP contribution < -0.4 is 4.72 Å². The van der Waals surface area contributed by atoms with Crippen molar-refractivity contribution in [3.05, 3.63) is 29.8 Å². The molecule has 0 aliphatic carbocycles. The first kappa shape index (κ1) is 11.0. The van der Waals surface area contributed by atoms with E-state index in [9.17, 15) is 13.2 Å². The van der Waals surface area contributed by atoms with E-state index in [1.807, 2.05) is 4.72 Å². The fourth-order valence-corrected chi connectivity index (χ4v) is 1.38. The lowest BCUT2D eigenvalue weighted by molar-refractivity contribution is 0.108. The summed E-state index contributed by atoms with van der Waals surface area (Å²) in [5, 5.41) is -0.636. The standard InChI is InChI=1S/C7H6ClNO4S/c8-7(10)5-1-3-6(4-2-5)9-14(11,12)13/h1-4,9H,(H,11,12,13). The molecule has 0 aromatic heterocycles. The zero-order valence-electron chi connectivity index (χ0n) is 6.77. The number of hydrogen-bond donors (Lipinski definition) is 2. The largest absolute Gasteiger partial charge is 0.357 e. The third-order valence-electron chi connectivity index (χ3n) is 1.36. The highest BCUT2D eigenvalue weighted by atomic mass is 35.5. The van der Waals surface area contributed by atoms with Gasteiger partial charge in [0, 0.05) is 5.56 Å². The Kier molecular flexibility index (Phi) is 3.10. The van der Waals surface area contributed by atoms with Crippen LogP contribution in [0.25, 0.3) is 0 Å². The summed E-state index contributed by atoms with van der Waals surface area (Å²) in [7, 11) is -4.28. The van der Waals surface area contributed by atoms with E-state index in [4.69, 9.17) is 16.2 Å². The van der Waals surface area contributed by atoms with Crippen LogP contribution in [0.5, 0.6) is 0 Å². The molecule has 1 aromatic carbocycles. The van der Waals surface area contributed by atoms with Crippen molar-refractivity contribution in [2.45, 2.75) is 0 Å². The monoisotopic (exact) mass is 235 g/mol. The van der Waals surface area contributed by atoms with Gasteiger partial charge in [0.05, 0.1) is 5.69 Å². The van der Waals surface area contributed by atoms with E-state index in [0.717, 1.165) is 0 Å². The van der Waals surface area contributed by atoms with E-state index < -0.39 is 15.5 Å². The summed E-state index contributed by atoms with van der Waals surface area (Å²) in [6.07, 6.45) is 0. The lowest BCUT2D eigenvalue weighted by atomic mass is 10.2. The molecule has 14 heavy (non-hydrogen) atoms. The zero-order valence-corrected chi connectivity index (χ0v) is 8.34. The van der Waals surface area contributed by atoms with E-state index in [0.29, 0.717) is 0 Å². The van der Waals surface area contributed by atoms with Gasteiger partial charge in [-0.3, -0.25) is 14.1 Å². The lowest BCUT2D eigenvalue weighted by Gasteiger charge is -2.01. The molecule has 0 saturated heterocycles. The van der Waals surface area contributed by atoms with Gasteiger partial charge in [0.25, 0.3) is 5.24 Å². The van der Waals surface area contributed by atoms with Crippen molar-refractivity contribution in [2.24, 2.45) is 0 Å². The SMILES string of the molecule is O=C(Cl)c1ccc(NS(=O)(=O)O)cc1. The van der Waals surface area contributed by atoms with Gasteiger partial charge in [-0.15, -0.1) is 0 Å². The van der Waals surface area contributed by atoms with Gasteiger partial charge in [0.15, 0.2) is 0 Å². The number of hydrogen-bond acceptors (Lipinski definition) is 3. The molecule has 0 heterocycles. The van der Waals surface area contributed by atoms with Crippen molar-refractivity contribution in [3.63, 3.8) is 0 Å². The first-order valence-corrected chi connectivity index (χ1v) is 5.25. The number of nitrogens with one attached hydrogen (secondary N) is 1. The van der Waals surface area contributed by atoms with Crippen LogP contribution in [-0.4, -0.2) is 18.2 Å². The van der Waals surface area contributed by atoms with Gasteiger partial charge in [-0.2, -0.15) is 8.42 Å². The van der Waals surface area contributed by atoms with Crippen molar-refractivity contribution in [3.8, 4) is 0 Å². The normalized spacial score (nSPS) is 11.0. The molecule has 0 bridgehead atoms. The molecule has 76 valence electrons. The molecule has 0 aliphatic rings. The van der Waals surface area contributed by atoms with Crippen LogP contribution in [-0.2, 0) is 10.3 Å². The minimum atomic E-state index is -4.28. The van der Waals surface area contributed by atoms with Crippen LogP contribution in [0, 0.1) is 0 Å². The predicted molar refractivity (Wildman–Crippen MR) is 51.8 cm³/mol. The van der Waals surface area contributed by atoms with Crippen LogP contribution in [0.1, 0.15) is 10.4 Å². The maximum Gasteiger partial charge on any atom is 0.357 e. The Bertz CT molecular complexity index is 439. The third kappa shape index (κ3) is 3.33. The number of halogens is 1. The van der Waals surface area contributed by atoms with E-state index in [1.54, 1.807) is 0 Å². The summed E-state index contributed by atoms with van der Waals surface area (Å²) >= 11 is 5.16. The fourth-order valence-electron chi connectivity index (χ4n) is 0.818. The number of anilines is 1. The van der Waals surface area contributed by atoms with Crippen molar-refractivity contribution >= 4 is 32.8 Å². The van der Waals surface area contributed by atoms with Crippen molar-refractivity contribution < 1.29 is 17.8 Å². The Morgan fingerprint density at radius 1 is 1.29 bits per heavy atom. The smallest absolute Gasteiger partial charge is 0.276 e. The van der Waals surface area contributed by atoms with Crippen molar-refractivity contribution in [2.75, 3.05) is 4.72 Å². The van der Waals surface area contributed by atoms with Crippen LogP contribution in [0.4, 0.5) is 5.69 Å². The van der Waals surface area contributed by atoms with Gasteiger partial charge >= 0.3 is 10.3 Å². The summed E-state index contributed by atoms with van der Waals surface area (Å²) in [6, 6.07) is 5.29. The molecule has 0 atom stereocenters. The first-order chi connectivity index (χ1) is 6.38. The second-order valence-electron chi connectivity index (χ2n) is 2.43. The molecule has 0 saturated carbocycles. The molecular weight excluding hydrogens is 230 g/mol. The molecular formula is C7H6ClNO4S. The fraction of sp³-hybridized carbons (Fsp3) is 0. The lowest BCUT2D eigenvalue weighted by Crippen LogP contribution is -2.10. The Hall–Kier alpha value is -1.11. The highest BCUT2D eigenvalue weighted by Gasteiger charge is 2.05. The first-order valence-electron chi connectivity index (χ1n) is 3.43. The topological polar surface area (TPSA) is 83.5 Å². The second kappa shape index (κ2) is 3.95. The molecule has 0 fully saturated rings. The van der Waals surface area contributed by atoms with E-state index in [2.05, 4.69) is 0 Å². The minimum Gasteiger partial charge on any atom is -0.276 e. The summed E-state index contributed by atoms with van der Waals surface area (Å²) in [5.41, 5.74) is 0.390. The molecule has 2 N–H and O–H groups in total. The van der Waals surface area contributed by atoms with Gasteiger partial charge in [-0.05, 0) is 35.9 Å². The van der Waals surface area contributed by atoms with E-state index >= 15 is 0 Å². The molecule has 5 nitrogen and oxygen atoms in total. The van der Waals surface area contributed by atoms with Crippen LogP contribution in [0.15, 0.2) is 24.3 Å². The average molecular weight is 236 g/mol. The summed E-state index contributed by atoms with van der Waals surface area (Å²) < 4.78 is 31.0. The number of benzene rings is 1. The molecule has 7 heteroatoms. The molecule has 0 unspecified atom stereocenters. The molecule has 1 rings (SSSR count). The maximum absolute atomic E-state index is 10.6. The number of carbonyl (C=O) groups excluding carboxylic acids is 1. The van der Waals surface area contributed by atoms with Crippen LogP contribution >= 0.6 is 11.6 Å². The van der Waals surface area contributed by atoms with Crippen molar-refractivity contribution in [1.29, 1.82) is 0 Å². The Balaban J connectivity index is 2.90. The molecule has 0 spiro atoms. The van der Waals surface area contributed by atoms with E-state index in [-0.39, 0.29) is 11.3 Å². The average Bonchev–Trinajstić information content (AvgIpc) is 2.02. The van der Waals surface area contributed by atoms with Crippen LogP contribution in [0.2, 0.25) is 0 Å². The third-order valence-corrected chi connectivity index (χ3v) is 2.07. The molecule has 1 aromatic rings. The minimum absolute atomic E-state index is 0.147. The predicted octanol–water partition coefficient (Wildman–Crippen LogP) is 1.28. The Labute approximate surface area is 85.6 Å². The Morgan fingerprint density at radius 3 is 2.14 bits per heavy atom. The second-order valence-corrected chi connectivity index (χ2v) is 3.93. The molecule has 0 amide bonds. The summed E-state index contributed by atoms with van der Waals surface area (Å²) in [4.78, 5) is 10.6. The van der Waals surface area contributed by atoms with Gasteiger partial charge in [-0.25, -0.2) is 0 Å². The van der Waals surface area contributed by atoms with Gasteiger partial charge in [0.1, 0.15) is 0 Å². The number of rotatable bonds is 3. The van der Waals surface area contributed by atoms with Crippen LogP contribution in [0.3, 0.4) is 0 Å². The van der Waals surface area contributed by atoms with E-state index in [1.165, 1.54) is 24.3 Å². The highest BCUT2D eigenvalue weighted by Crippen LogP contribution is 2.11. The van der Waals surface area contributed by atoms with Gasteiger partial charge < -0.3 is 0 Å². The van der Waals surface area contributed by atoms with Gasteiger partial charge in [-0.1, -0.05) is 0 Å². The summed E-state index contributed by atoms with van der Waals surface area (Å²) in [6.45, 7) is 0. The Morgan fingerprint density at radius 2 is 1.79 bits per heavy atom. The van der Waals surface area contributed by atoms with Gasteiger partial charge in [0.2, 0.25) is 0 Å².